The molecule has 0 spiro atoms. The molecule has 1 aliphatic rings. The van der Waals surface area contributed by atoms with Crippen molar-refractivity contribution in [2.75, 3.05) is 37.0 Å². The van der Waals surface area contributed by atoms with Gasteiger partial charge in [-0.05, 0) is 36.1 Å². The van der Waals surface area contributed by atoms with Crippen LogP contribution in [-0.2, 0) is 16.1 Å². The van der Waals surface area contributed by atoms with E-state index in [1.165, 1.54) is 23.9 Å². The summed E-state index contributed by atoms with van der Waals surface area (Å²) >= 11 is 2.92. The van der Waals surface area contributed by atoms with Crippen molar-refractivity contribution in [1.82, 2.24) is 20.1 Å². The summed E-state index contributed by atoms with van der Waals surface area (Å²) in [6.45, 7) is 5.67. The number of amides is 1. The third-order valence-corrected chi connectivity index (χ3v) is 6.88. The maximum Gasteiger partial charge on any atom is 0.231 e. The predicted molar refractivity (Wildman–Crippen MR) is 120 cm³/mol. The largest absolute Gasteiger partial charge is 0.378 e. The molecular weight excluding hydrogens is 437 g/mol. The lowest BCUT2D eigenvalue weighted by Gasteiger charge is -2.27. The van der Waals surface area contributed by atoms with Gasteiger partial charge in [0, 0.05) is 24.5 Å². The van der Waals surface area contributed by atoms with Crippen LogP contribution in [0.25, 0.3) is 0 Å². The highest BCUT2D eigenvalue weighted by atomic mass is 32.2. The first-order chi connectivity index (χ1) is 15.2. The zero-order valence-electron chi connectivity index (χ0n) is 17.2. The normalized spacial score (nSPS) is 15.1. The zero-order chi connectivity index (χ0) is 21.6. The van der Waals surface area contributed by atoms with E-state index in [0.717, 1.165) is 36.0 Å². The molecule has 1 aromatic carbocycles. The Morgan fingerprint density at radius 1 is 1.26 bits per heavy atom. The van der Waals surface area contributed by atoms with Gasteiger partial charge in [0.2, 0.25) is 11.9 Å². The molecular formula is C21H24FN5O2S2. The third kappa shape index (κ3) is 5.25. The summed E-state index contributed by atoms with van der Waals surface area (Å²) in [5.41, 5.74) is 0.841. The Balaban J connectivity index is 1.43. The molecule has 0 radical (unpaired) electrons. The van der Waals surface area contributed by atoms with E-state index in [4.69, 9.17) is 4.74 Å². The number of thiophene rings is 1. The fourth-order valence-electron chi connectivity index (χ4n) is 3.42. The van der Waals surface area contributed by atoms with Gasteiger partial charge in [0.25, 0.3) is 0 Å². The van der Waals surface area contributed by atoms with Crippen LogP contribution < -0.4 is 10.2 Å². The SMILES string of the molecule is CCn1c(SCC(=O)N[C@H](c2ccc(F)cc2)c2cccs2)nnc1N1CCOCC1. The first kappa shape index (κ1) is 21.8. The van der Waals surface area contributed by atoms with Gasteiger partial charge in [-0.25, -0.2) is 4.39 Å². The Kier molecular flexibility index (Phi) is 7.21. The zero-order valence-corrected chi connectivity index (χ0v) is 18.8. The summed E-state index contributed by atoms with van der Waals surface area (Å²) in [5, 5.41) is 14.4. The molecule has 31 heavy (non-hydrogen) atoms. The molecule has 4 rings (SSSR count). The summed E-state index contributed by atoms with van der Waals surface area (Å²) in [7, 11) is 0. The van der Waals surface area contributed by atoms with Crippen molar-refractivity contribution in [2.45, 2.75) is 24.7 Å². The first-order valence-electron chi connectivity index (χ1n) is 10.1. The Morgan fingerprint density at radius 3 is 2.71 bits per heavy atom. The number of hydrogen-bond acceptors (Lipinski definition) is 7. The lowest BCUT2D eigenvalue weighted by Crippen LogP contribution is -2.38. The van der Waals surface area contributed by atoms with E-state index in [2.05, 4.69) is 20.4 Å². The van der Waals surface area contributed by atoms with Crippen LogP contribution in [-0.4, -0.2) is 52.7 Å². The lowest BCUT2D eigenvalue weighted by atomic mass is 10.1. The van der Waals surface area contributed by atoms with Crippen LogP contribution in [0.4, 0.5) is 10.3 Å². The van der Waals surface area contributed by atoms with Gasteiger partial charge in [-0.2, -0.15) is 0 Å². The van der Waals surface area contributed by atoms with Crippen molar-refractivity contribution in [3.8, 4) is 0 Å². The number of benzene rings is 1. The Labute approximate surface area is 188 Å². The summed E-state index contributed by atoms with van der Waals surface area (Å²) in [4.78, 5) is 15.9. The molecule has 164 valence electrons. The van der Waals surface area contributed by atoms with Crippen molar-refractivity contribution in [3.05, 3.63) is 58.0 Å². The number of hydrogen-bond donors (Lipinski definition) is 1. The summed E-state index contributed by atoms with van der Waals surface area (Å²) in [5.74, 6) is 0.609. The minimum Gasteiger partial charge on any atom is -0.378 e. The van der Waals surface area contributed by atoms with Gasteiger partial charge < -0.3 is 15.0 Å². The van der Waals surface area contributed by atoms with E-state index in [1.807, 2.05) is 29.0 Å². The van der Waals surface area contributed by atoms with Gasteiger partial charge in [0.15, 0.2) is 5.16 Å². The van der Waals surface area contributed by atoms with Crippen molar-refractivity contribution in [2.24, 2.45) is 0 Å². The van der Waals surface area contributed by atoms with Crippen molar-refractivity contribution in [1.29, 1.82) is 0 Å². The third-order valence-electron chi connectivity index (χ3n) is 4.98. The molecule has 1 amide bonds. The number of rotatable bonds is 8. The Morgan fingerprint density at radius 2 is 2.03 bits per heavy atom. The molecule has 7 nitrogen and oxygen atoms in total. The molecule has 3 heterocycles. The van der Waals surface area contributed by atoms with Gasteiger partial charge >= 0.3 is 0 Å². The van der Waals surface area contributed by atoms with E-state index in [9.17, 15) is 9.18 Å². The average Bonchev–Trinajstić information content (AvgIpc) is 3.47. The molecule has 1 fully saturated rings. The number of anilines is 1. The van der Waals surface area contributed by atoms with Crippen molar-refractivity contribution in [3.63, 3.8) is 0 Å². The molecule has 1 atom stereocenters. The Bertz CT molecular complexity index is 988. The van der Waals surface area contributed by atoms with Crippen LogP contribution in [0, 0.1) is 5.82 Å². The number of nitrogens with zero attached hydrogens (tertiary/aromatic N) is 4. The predicted octanol–water partition coefficient (Wildman–Crippen LogP) is 3.33. The number of morpholine rings is 1. The molecule has 1 aliphatic heterocycles. The maximum atomic E-state index is 13.4. The van der Waals surface area contributed by atoms with Crippen LogP contribution in [0.2, 0.25) is 0 Å². The second-order valence-electron chi connectivity index (χ2n) is 6.98. The van der Waals surface area contributed by atoms with Crippen molar-refractivity contribution >= 4 is 35.0 Å². The van der Waals surface area contributed by atoms with Gasteiger partial charge in [0.05, 0.1) is 25.0 Å². The topological polar surface area (TPSA) is 72.3 Å². The molecule has 10 heteroatoms. The van der Waals surface area contributed by atoms with E-state index in [-0.39, 0.29) is 23.5 Å². The molecule has 0 unspecified atom stereocenters. The highest BCUT2D eigenvalue weighted by Crippen LogP contribution is 2.27. The number of ether oxygens (including phenoxy) is 1. The molecule has 0 bridgehead atoms. The fourth-order valence-corrected chi connectivity index (χ4v) is 5.04. The first-order valence-corrected chi connectivity index (χ1v) is 12.0. The van der Waals surface area contributed by atoms with Crippen LogP contribution in [0.15, 0.2) is 46.9 Å². The number of aromatic nitrogens is 3. The van der Waals surface area contributed by atoms with Crippen LogP contribution in [0.3, 0.4) is 0 Å². The number of halogens is 1. The minimum absolute atomic E-state index is 0.119. The quantitative estimate of drug-likeness (QED) is 0.519. The van der Waals surface area contributed by atoms with E-state index >= 15 is 0 Å². The highest BCUT2D eigenvalue weighted by molar-refractivity contribution is 7.99. The smallest absolute Gasteiger partial charge is 0.231 e. The minimum atomic E-state index is -0.318. The van der Waals surface area contributed by atoms with Gasteiger partial charge in [-0.1, -0.05) is 30.0 Å². The molecule has 1 N–H and O–H groups in total. The summed E-state index contributed by atoms with van der Waals surface area (Å²) < 4.78 is 20.8. The standard InChI is InChI=1S/C21H24FN5O2S2/c1-2-27-20(26-9-11-29-12-10-26)24-25-21(27)31-14-18(28)23-19(17-4-3-13-30-17)15-5-7-16(22)8-6-15/h3-8,13,19H,2,9-12,14H2,1H3,(H,23,28)/t19-/m1/s1. The number of carbonyl (C=O) groups is 1. The molecule has 2 aromatic heterocycles. The second-order valence-corrected chi connectivity index (χ2v) is 8.90. The molecule has 3 aromatic rings. The fraction of sp³-hybridized carbons (Fsp3) is 0.381. The van der Waals surface area contributed by atoms with Gasteiger partial charge in [-0.15, -0.1) is 21.5 Å². The monoisotopic (exact) mass is 461 g/mol. The molecule has 1 saturated heterocycles. The van der Waals surface area contributed by atoms with E-state index < -0.39 is 0 Å². The second kappa shape index (κ2) is 10.3. The average molecular weight is 462 g/mol. The summed E-state index contributed by atoms with van der Waals surface area (Å²) in [6.07, 6.45) is 0. The molecule has 0 aliphatic carbocycles. The summed E-state index contributed by atoms with van der Waals surface area (Å²) in [6, 6.07) is 9.82. The van der Waals surface area contributed by atoms with Crippen LogP contribution in [0.1, 0.15) is 23.4 Å². The van der Waals surface area contributed by atoms with Crippen LogP contribution >= 0.6 is 23.1 Å². The number of thioether (sulfide) groups is 1. The maximum absolute atomic E-state index is 13.4. The number of carbonyl (C=O) groups excluding carboxylic acids is 1. The van der Waals surface area contributed by atoms with Crippen molar-refractivity contribution < 1.29 is 13.9 Å². The molecule has 0 saturated carbocycles. The van der Waals surface area contributed by atoms with E-state index in [0.29, 0.717) is 18.4 Å². The van der Waals surface area contributed by atoms with Gasteiger partial charge in [-0.3, -0.25) is 9.36 Å². The highest BCUT2D eigenvalue weighted by Gasteiger charge is 2.22. The van der Waals surface area contributed by atoms with Crippen LogP contribution in [0.5, 0.6) is 0 Å². The van der Waals surface area contributed by atoms with E-state index in [1.54, 1.807) is 23.5 Å². The number of nitrogens with one attached hydrogen (secondary N) is 1. The lowest BCUT2D eigenvalue weighted by molar-refractivity contribution is -0.119. The Hall–Kier alpha value is -2.43. The van der Waals surface area contributed by atoms with Gasteiger partial charge in [0.1, 0.15) is 5.82 Å².